The predicted molar refractivity (Wildman–Crippen MR) is 104 cm³/mol. The second-order valence-electron chi connectivity index (χ2n) is 7.67. The molecule has 0 amide bonds. The molecule has 10 heteroatoms. The van der Waals surface area contributed by atoms with Crippen molar-refractivity contribution in [1.82, 2.24) is 10.2 Å². The molecule has 164 valence electrons. The van der Waals surface area contributed by atoms with E-state index in [1.54, 1.807) is 38.1 Å². The maximum atomic E-state index is 12.8. The molecule has 0 atom stereocenters. The van der Waals surface area contributed by atoms with Crippen LogP contribution in [0.5, 0.6) is 0 Å². The highest BCUT2D eigenvalue weighted by Gasteiger charge is 2.44. The van der Waals surface area contributed by atoms with Gasteiger partial charge in [-0.25, -0.2) is 0 Å². The van der Waals surface area contributed by atoms with Crippen molar-refractivity contribution in [2.45, 2.75) is 31.4 Å². The minimum atomic E-state index is -4.40. The Morgan fingerprint density at radius 3 is 2.26 bits per heavy atom. The molecule has 2 heterocycles. The minimum Gasteiger partial charge on any atom is -0.417 e. The Balaban J connectivity index is 1.57. The Kier molecular flexibility index (Phi) is 5.24. The van der Waals surface area contributed by atoms with Crippen LogP contribution in [0.15, 0.2) is 52.9 Å². The number of alkyl halides is 3. The number of aliphatic hydroxyl groups is 1. The Bertz CT molecular complexity index is 1050. The predicted octanol–water partition coefficient (Wildman–Crippen LogP) is 4.47. The fourth-order valence-electron chi connectivity index (χ4n) is 2.99. The first-order chi connectivity index (χ1) is 14.6. The zero-order valence-corrected chi connectivity index (χ0v) is 16.7. The third-order valence-electron chi connectivity index (χ3n) is 4.79. The van der Waals surface area contributed by atoms with Gasteiger partial charge in [0.05, 0.1) is 30.0 Å². The third-order valence-corrected chi connectivity index (χ3v) is 4.79. The van der Waals surface area contributed by atoms with E-state index >= 15 is 0 Å². The van der Waals surface area contributed by atoms with Gasteiger partial charge >= 0.3 is 6.18 Å². The quantitative estimate of drug-likeness (QED) is 0.625. The van der Waals surface area contributed by atoms with Crippen LogP contribution in [0.25, 0.3) is 11.5 Å². The van der Waals surface area contributed by atoms with E-state index in [0.717, 1.165) is 12.1 Å². The molecular formula is C21H20F3N3O4. The van der Waals surface area contributed by atoms with Crippen LogP contribution < -0.4 is 5.32 Å². The van der Waals surface area contributed by atoms with Gasteiger partial charge in [0, 0.05) is 5.69 Å². The highest BCUT2D eigenvalue weighted by atomic mass is 19.4. The first kappa shape index (κ1) is 21.3. The number of halogens is 3. The van der Waals surface area contributed by atoms with Crippen LogP contribution in [0.4, 0.5) is 24.5 Å². The molecule has 3 aromatic rings. The first-order valence-corrected chi connectivity index (χ1v) is 9.44. The summed E-state index contributed by atoms with van der Waals surface area (Å²) in [4.78, 5) is 0. The van der Waals surface area contributed by atoms with Gasteiger partial charge in [-0.05, 0) is 50.2 Å². The summed E-state index contributed by atoms with van der Waals surface area (Å²) in [6.45, 7) is 3.31. The summed E-state index contributed by atoms with van der Waals surface area (Å²) in [7, 11) is 0. The summed E-state index contributed by atoms with van der Waals surface area (Å²) in [5, 5.41) is 21.8. The molecule has 0 bridgehead atoms. The lowest BCUT2D eigenvalue weighted by Gasteiger charge is -2.38. The summed E-state index contributed by atoms with van der Waals surface area (Å²) in [5.41, 5.74) is -0.808. The van der Waals surface area contributed by atoms with Crippen LogP contribution in [0.1, 0.15) is 25.3 Å². The summed E-state index contributed by atoms with van der Waals surface area (Å²) in [6.07, 6.45) is -4.40. The van der Waals surface area contributed by atoms with Crippen molar-refractivity contribution in [1.29, 1.82) is 0 Å². The van der Waals surface area contributed by atoms with Crippen LogP contribution in [0.2, 0.25) is 0 Å². The zero-order valence-electron chi connectivity index (χ0n) is 16.7. The number of para-hydroxylation sites is 1. The number of hydrogen-bond acceptors (Lipinski definition) is 7. The number of aromatic nitrogens is 2. The smallest absolute Gasteiger partial charge is 0.416 e. The molecule has 0 saturated carbocycles. The standard InChI is InChI=1S/C21H20F3N3O4/c1-19(2)29-11-20(28,12-30-19)18-27-26-17(31-18)15-5-3-4-6-16(15)25-14-9-7-13(8-10-14)21(22,23)24/h3-10,25,28H,11-12H2,1-2H3. The number of ether oxygens (including phenoxy) is 2. The molecule has 0 spiro atoms. The topological polar surface area (TPSA) is 89.6 Å². The molecular weight excluding hydrogens is 415 g/mol. The second-order valence-corrected chi connectivity index (χ2v) is 7.67. The average molecular weight is 435 g/mol. The van der Waals surface area contributed by atoms with Crippen LogP contribution >= 0.6 is 0 Å². The van der Waals surface area contributed by atoms with Gasteiger partial charge in [-0.15, -0.1) is 10.2 Å². The van der Waals surface area contributed by atoms with E-state index in [4.69, 9.17) is 13.9 Å². The number of benzene rings is 2. The molecule has 1 aromatic heterocycles. The number of hydrogen-bond donors (Lipinski definition) is 2. The fraction of sp³-hybridized carbons (Fsp3) is 0.333. The van der Waals surface area contributed by atoms with Crippen LogP contribution in [0.3, 0.4) is 0 Å². The number of nitrogens with one attached hydrogen (secondary N) is 1. The normalized spacial score (nSPS) is 18.0. The van der Waals surface area contributed by atoms with Gasteiger partial charge in [-0.3, -0.25) is 0 Å². The lowest BCUT2D eigenvalue weighted by atomic mass is 10.1. The van der Waals surface area contributed by atoms with E-state index in [0.29, 0.717) is 16.9 Å². The van der Waals surface area contributed by atoms with Crippen molar-refractivity contribution in [3.8, 4) is 11.5 Å². The van der Waals surface area contributed by atoms with E-state index in [2.05, 4.69) is 15.5 Å². The Hall–Kier alpha value is -2.95. The highest BCUT2D eigenvalue weighted by Crippen LogP contribution is 2.35. The zero-order chi connectivity index (χ0) is 22.3. The molecule has 2 N–H and O–H groups in total. The van der Waals surface area contributed by atoms with Crippen LogP contribution in [-0.2, 0) is 21.3 Å². The molecule has 1 saturated heterocycles. The van der Waals surface area contributed by atoms with Crippen LogP contribution in [-0.4, -0.2) is 34.3 Å². The van der Waals surface area contributed by atoms with Crippen molar-refractivity contribution in [2.24, 2.45) is 0 Å². The SMILES string of the molecule is CC1(C)OCC(O)(c2nnc(-c3ccccc3Nc3ccc(C(F)(F)F)cc3)o2)CO1. The van der Waals surface area contributed by atoms with Crippen molar-refractivity contribution in [3.05, 3.63) is 60.0 Å². The Morgan fingerprint density at radius 1 is 0.968 bits per heavy atom. The number of rotatable bonds is 4. The molecule has 1 fully saturated rings. The van der Waals surface area contributed by atoms with Gasteiger partial charge < -0.3 is 24.3 Å². The summed E-state index contributed by atoms with van der Waals surface area (Å²) in [5.74, 6) is -0.751. The van der Waals surface area contributed by atoms with E-state index in [-0.39, 0.29) is 25.0 Å². The lowest BCUT2D eigenvalue weighted by Crippen LogP contribution is -2.49. The molecule has 31 heavy (non-hydrogen) atoms. The van der Waals surface area contributed by atoms with Gasteiger partial charge in [-0.1, -0.05) is 12.1 Å². The minimum absolute atomic E-state index is 0.0534. The Morgan fingerprint density at radius 2 is 1.61 bits per heavy atom. The second kappa shape index (κ2) is 7.63. The maximum Gasteiger partial charge on any atom is 0.416 e. The molecule has 1 aliphatic rings. The maximum absolute atomic E-state index is 12.8. The molecule has 2 aromatic carbocycles. The highest BCUT2D eigenvalue weighted by molar-refractivity contribution is 5.76. The molecule has 0 aliphatic carbocycles. The van der Waals surface area contributed by atoms with Crippen molar-refractivity contribution < 1.29 is 32.2 Å². The van der Waals surface area contributed by atoms with E-state index in [1.807, 2.05) is 0 Å². The van der Waals surface area contributed by atoms with Crippen molar-refractivity contribution >= 4 is 11.4 Å². The average Bonchev–Trinajstić information content (AvgIpc) is 3.22. The van der Waals surface area contributed by atoms with Gasteiger partial charge in [-0.2, -0.15) is 13.2 Å². The van der Waals surface area contributed by atoms with E-state index in [9.17, 15) is 18.3 Å². The summed E-state index contributed by atoms with van der Waals surface area (Å²) >= 11 is 0. The number of anilines is 2. The number of nitrogens with zero attached hydrogens (tertiary/aromatic N) is 2. The van der Waals surface area contributed by atoms with Crippen molar-refractivity contribution in [2.75, 3.05) is 18.5 Å². The first-order valence-electron chi connectivity index (χ1n) is 9.44. The molecule has 4 rings (SSSR count). The lowest BCUT2D eigenvalue weighted by molar-refractivity contribution is -0.308. The summed E-state index contributed by atoms with van der Waals surface area (Å²) in [6, 6.07) is 11.6. The third kappa shape index (κ3) is 4.55. The fourth-order valence-corrected chi connectivity index (χ4v) is 2.99. The van der Waals surface area contributed by atoms with Gasteiger partial charge in [0.1, 0.15) is 0 Å². The molecule has 0 unspecified atom stereocenters. The van der Waals surface area contributed by atoms with E-state index < -0.39 is 23.1 Å². The van der Waals surface area contributed by atoms with Gasteiger partial charge in [0.25, 0.3) is 5.89 Å². The summed E-state index contributed by atoms with van der Waals surface area (Å²) < 4.78 is 55.0. The van der Waals surface area contributed by atoms with E-state index in [1.165, 1.54) is 12.1 Å². The van der Waals surface area contributed by atoms with Crippen LogP contribution in [0, 0.1) is 0 Å². The largest absolute Gasteiger partial charge is 0.417 e. The van der Waals surface area contributed by atoms with Gasteiger partial charge in [0.15, 0.2) is 11.4 Å². The van der Waals surface area contributed by atoms with Crippen molar-refractivity contribution in [3.63, 3.8) is 0 Å². The Labute approximate surface area is 175 Å². The molecule has 0 radical (unpaired) electrons. The molecule has 1 aliphatic heterocycles. The monoisotopic (exact) mass is 435 g/mol. The molecule has 7 nitrogen and oxygen atoms in total. The van der Waals surface area contributed by atoms with Gasteiger partial charge in [0.2, 0.25) is 5.89 Å².